The summed E-state index contributed by atoms with van der Waals surface area (Å²) in [4.78, 5) is 13.2. The predicted molar refractivity (Wildman–Crippen MR) is 107 cm³/mol. The monoisotopic (exact) mass is 351 g/mol. The summed E-state index contributed by atoms with van der Waals surface area (Å²) in [6.45, 7) is 7.27. The number of carbonyl (C=O) groups is 1. The highest BCUT2D eigenvalue weighted by Gasteiger charge is 2.30. The zero-order valence-electron chi connectivity index (χ0n) is 16.6. The Morgan fingerprint density at radius 2 is 1.40 bits per heavy atom. The molecule has 0 amide bonds. The Kier molecular flexibility index (Phi) is 12.5. The van der Waals surface area contributed by atoms with Gasteiger partial charge in [-0.3, -0.25) is 0 Å². The normalized spacial score (nSPS) is 17.2. The SMILES string of the molecule is C=C(CCCCCCCCCCCCCCC)N1CCCC1C(=O)O. The quantitative estimate of drug-likeness (QED) is 0.321. The molecule has 0 aliphatic carbocycles. The van der Waals surface area contributed by atoms with E-state index in [4.69, 9.17) is 0 Å². The molecule has 1 N–H and O–H groups in total. The van der Waals surface area contributed by atoms with Crippen LogP contribution >= 0.6 is 0 Å². The molecule has 1 saturated heterocycles. The third-order valence-corrected chi connectivity index (χ3v) is 5.51. The van der Waals surface area contributed by atoms with Crippen LogP contribution in [-0.4, -0.2) is 28.6 Å². The van der Waals surface area contributed by atoms with E-state index in [1.54, 1.807) is 0 Å². The van der Waals surface area contributed by atoms with Gasteiger partial charge in [-0.1, -0.05) is 90.6 Å². The van der Waals surface area contributed by atoms with Crippen molar-refractivity contribution in [2.75, 3.05) is 6.54 Å². The van der Waals surface area contributed by atoms with Crippen LogP contribution in [0.25, 0.3) is 0 Å². The highest BCUT2D eigenvalue weighted by Crippen LogP contribution is 2.24. The number of rotatable bonds is 16. The van der Waals surface area contributed by atoms with Crippen LogP contribution in [0.3, 0.4) is 0 Å². The van der Waals surface area contributed by atoms with Crippen molar-refractivity contribution in [1.29, 1.82) is 0 Å². The third kappa shape index (κ3) is 9.91. The molecule has 1 aliphatic heterocycles. The molecule has 146 valence electrons. The third-order valence-electron chi connectivity index (χ3n) is 5.51. The molecule has 0 saturated carbocycles. The lowest BCUT2D eigenvalue weighted by atomic mass is 10.0. The summed E-state index contributed by atoms with van der Waals surface area (Å²) < 4.78 is 0. The molecule has 1 unspecified atom stereocenters. The number of hydrogen-bond donors (Lipinski definition) is 1. The van der Waals surface area contributed by atoms with Gasteiger partial charge in [0.2, 0.25) is 0 Å². The first-order valence-electron chi connectivity index (χ1n) is 10.8. The van der Waals surface area contributed by atoms with Gasteiger partial charge in [-0.25, -0.2) is 4.79 Å². The van der Waals surface area contributed by atoms with E-state index in [-0.39, 0.29) is 6.04 Å². The van der Waals surface area contributed by atoms with E-state index in [9.17, 15) is 9.90 Å². The Morgan fingerprint density at radius 1 is 0.920 bits per heavy atom. The van der Waals surface area contributed by atoms with Gasteiger partial charge >= 0.3 is 5.97 Å². The van der Waals surface area contributed by atoms with Gasteiger partial charge in [0.25, 0.3) is 0 Å². The molecular weight excluding hydrogens is 310 g/mol. The van der Waals surface area contributed by atoms with Gasteiger partial charge in [-0.05, 0) is 25.7 Å². The first-order valence-corrected chi connectivity index (χ1v) is 10.8. The van der Waals surface area contributed by atoms with E-state index in [1.807, 2.05) is 4.90 Å². The van der Waals surface area contributed by atoms with Crippen LogP contribution < -0.4 is 0 Å². The number of likely N-dealkylation sites (tertiary alicyclic amines) is 1. The van der Waals surface area contributed by atoms with Crippen molar-refractivity contribution in [3.05, 3.63) is 12.3 Å². The van der Waals surface area contributed by atoms with Crippen molar-refractivity contribution in [1.82, 2.24) is 4.90 Å². The maximum Gasteiger partial charge on any atom is 0.326 e. The lowest BCUT2D eigenvalue weighted by Crippen LogP contribution is -2.34. The molecule has 1 atom stereocenters. The van der Waals surface area contributed by atoms with Gasteiger partial charge in [0.05, 0.1) is 0 Å². The van der Waals surface area contributed by atoms with E-state index in [1.165, 1.54) is 77.0 Å². The summed E-state index contributed by atoms with van der Waals surface area (Å²) in [5, 5.41) is 9.23. The molecule has 0 aromatic carbocycles. The molecule has 0 spiro atoms. The van der Waals surface area contributed by atoms with Crippen molar-refractivity contribution >= 4 is 5.97 Å². The number of carboxylic acids is 1. The van der Waals surface area contributed by atoms with Crippen molar-refractivity contribution in [3.63, 3.8) is 0 Å². The fourth-order valence-electron chi connectivity index (χ4n) is 3.89. The van der Waals surface area contributed by atoms with Crippen LogP contribution in [-0.2, 0) is 4.79 Å². The average molecular weight is 352 g/mol. The van der Waals surface area contributed by atoms with Crippen LogP contribution in [0, 0.1) is 0 Å². The van der Waals surface area contributed by atoms with E-state index in [0.717, 1.165) is 37.9 Å². The summed E-state index contributed by atoms with van der Waals surface area (Å²) in [6, 6.07) is -0.325. The van der Waals surface area contributed by atoms with Crippen LogP contribution in [0.1, 0.15) is 110 Å². The fraction of sp³-hybridized carbons (Fsp3) is 0.864. The highest BCUT2D eigenvalue weighted by molar-refractivity contribution is 5.74. The summed E-state index contributed by atoms with van der Waals surface area (Å²) in [5.74, 6) is -0.691. The van der Waals surface area contributed by atoms with Gasteiger partial charge in [-0.15, -0.1) is 0 Å². The van der Waals surface area contributed by atoms with E-state index in [2.05, 4.69) is 13.5 Å². The zero-order valence-corrected chi connectivity index (χ0v) is 16.6. The first-order chi connectivity index (χ1) is 12.2. The van der Waals surface area contributed by atoms with Crippen LogP contribution in [0.5, 0.6) is 0 Å². The van der Waals surface area contributed by atoms with E-state index < -0.39 is 5.97 Å². The van der Waals surface area contributed by atoms with Crippen LogP contribution in [0.2, 0.25) is 0 Å². The predicted octanol–water partition coefficient (Wildman–Crippen LogP) is 6.53. The van der Waals surface area contributed by atoms with Gasteiger partial charge < -0.3 is 10.0 Å². The summed E-state index contributed by atoms with van der Waals surface area (Å²) in [7, 11) is 0. The molecule has 3 heteroatoms. The fourth-order valence-corrected chi connectivity index (χ4v) is 3.89. The Hall–Kier alpha value is -0.990. The summed E-state index contributed by atoms with van der Waals surface area (Å²) in [5.41, 5.74) is 1.04. The summed E-state index contributed by atoms with van der Waals surface area (Å²) in [6.07, 6.45) is 20.4. The highest BCUT2D eigenvalue weighted by atomic mass is 16.4. The zero-order chi connectivity index (χ0) is 18.3. The lowest BCUT2D eigenvalue weighted by molar-refractivity contribution is -0.141. The number of nitrogens with zero attached hydrogens (tertiary/aromatic N) is 1. The molecular formula is C22H41NO2. The Labute approximate surface area is 155 Å². The molecule has 1 fully saturated rings. The van der Waals surface area contributed by atoms with Crippen molar-refractivity contribution in [2.45, 2.75) is 116 Å². The topological polar surface area (TPSA) is 40.5 Å². The molecule has 0 bridgehead atoms. The van der Waals surface area contributed by atoms with Crippen molar-refractivity contribution in [3.8, 4) is 0 Å². The molecule has 0 aromatic rings. The number of aliphatic carboxylic acids is 1. The smallest absolute Gasteiger partial charge is 0.326 e. The Balaban J connectivity index is 1.88. The first kappa shape index (κ1) is 22.1. The minimum Gasteiger partial charge on any atom is -0.480 e. The van der Waals surface area contributed by atoms with Gasteiger partial charge in [-0.2, -0.15) is 0 Å². The Bertz CT molecular complexity index is 367. The number of carboxylic acid groups (broad SMARTS) is 1. The van der Waals surface area contributed by atoms with Crippen molar-refractivity contribution < 1.29 is 9.90 Å². The maximum atomic E-state index is 11.2. The van der Waals surface area contributed by atoms with E-state index >= 15 is 0 Å². The number of hydrogen-bond acceptors (Lipinski definition) is 2. The second-order valence-electron chi connectivity index (χ2n) is 7.75. The van der Waals surface area contributed by atoms with Crippen LogP contribution in [0.15, 0.2) is 12.3 Å². The molecule has 1 aliphatic rings. The van der Waals surface area contributed by atoms with Crippen LogP contribution in [0.4, 0.5) is 0 Å². The van der Waals surface area contributed by atoms with E-state index in [0.29, 0.717) is 0 Å². The number of unbranched alkanes of at least 4 members (excludes halogenated alkanes) is 12. The van der Waals surface area contributed by atoms with Gasteiger partial charge in [0.1, 0.15) is 6.04 Å². The maximum absolute atomic E-state index is 11.2. The Morgan fingerprint density at radius 3 is 1.88 bits per heavy atom. The minimum absolute atomic E-state index is 0.325. The summed E-state index contributed by atoms with van der Waals surface area (Å²) >= 11 is 0. The molecule has 3 nitrogen and oxygen atoms in total. The molecule has 1 heterocycles. The standard InChI is InChI=1S/C22H41NO2/c1-3-4-5-6-7-8-9-10-11-12-13-14-15-17-20(2)23-19-16-18-21(23)22(24)25/h21H,2-19H2,1H3,(H,24,25). The van der Waals surface area contributed by atoms with Gasteiger partial charge in [0, 0.05) is 12.2 Å². The largest absolute Gasteiger partial charge is 0.480 e. The average Bonchev–Trinajstić information content (AvgIpc) is 3.09. The lowest BCUT2D eigenvalue weighted by Gasteiger charge is -2.25. The van der Waals surface area contributed by atoms with Crippen molar-refractivity contribution in [2.24, 2.45) is 0 Å². The minimum atomic E-state index is -0.691. The second-order valence-corrected chi connectivity index (χ2v) is 7.75. The molecule has 0 radical (unpaired) electrons. The molecule has 25 heavy (non-hydrogen) atoms. The number of allylic oxidation sites excluding steroid dienone is 1. The molecule has 0 aromatic heterocycles. The van der Waals surface area contributed by atoms with Gasteiger partial charge in [0.15, 0.2) is 0 Å². The molecule has 1 rings (SSSR count). The second kappa shape index (κ2) is 14.2.